The Morgan fingerprint density at radius 2 is 1.81 bits per heavy atom. The third-order valence-corrected chi connectivity index (χ3v) is 1.91. The number of hydroxylamine groups is 1. The second-order valence-electron chi connectivity index (χ2n) is 3.02. The van der Waals surface area contributed by atoms with Gasteiger partial charge in [-0.25, -0.2) is 0 Å². The zero-order chi connectivity index (χ0) is 12.3. The third-order valence-electron chi connectivity index (χ3n) is 1.91. The van der Waals surface area contributed by atoms with E-state index in [1.807, 2.05) is 0 Å². The van der Waals surface area contributed by atoms with Crippen molar-refractivity contribution in [3.63, 3.8) is 0 Å². The van der Waals surface area contributed by atoms with Gasteiger partial charge in [0.15, 0.2) is 11.5 Å². The first-order valence-electron chi connectivity index (χ1n) is 4.24. The van der Waals surface area contributed by atoms with E-state index in [1.165, 1.54) is 7.11 Å². The normalized spacial score (nSPS) is 11.8. The number of phenolic OH excluding ortho intramolecular Hbond substituents is 2. The highest BCUT2D eigenvalue weighted by Gasteiger charge is 2.34. The number of hydrogen-bond acceptors (Lipinski definition) is 4. The lowest BCUT2D eigenvalue weighted by atomic mass is 10.1. The van der Waals surface area contributed by atoms with Gasteiger partial charge in [0.1, 0.15) is 0 Å². The van der Waals surface area contributed by atoms with Crippen molar-refractivity contribution in [3.8, 4) is 11.5 Å². The molecule has 4 nitrogen and oxygen atoms in total. The summed E-state index contributed by atoms with van der Waals surface area (Å²) in [6.07, 6.45) is -4.60. The molecule has 0 amide bonds. The van der Waals surface area contributed by atoms with Gasteiger partial charge in [-0.05, 0) is 17.7 Å². The molecule has 16 heavy (non-hydrogen) atoms. The highest BCUT2D eigenvalue weighted by atomic mass is 19.4. The molecule has 0 aromatic heterocycles. The maximum Gasteiger partial charge on any atom is 0.416 e. The van der Waals surface area contributed by atoms with Crippen LogP contribution in [0.5, 0.6) is 11.5 Å². The molecule has 0 aliphatic heterocycles. The first kappa shape index (κ1) is 12.6. The maximum absolute atomic E-state index is 12.5. The lowest BCUT2D eigenvalue weighted by Crippen LogP contribution is -2.16. The number of aromatic hydroxyl groups is 2. The SMILES string of the molecule is CONCc1cc(O)c(O)cc1C(F)(F)F. The summed E-state index contributed by atoms with van der Waals surface area (Å²) in [4.78, 5) is 4.42. The van der Waals surface area contributed by atoms with Crippen molar-refractivity contribution in [2.24, 2.45) is 0 Å². The Morgan fingerprint density at radius 3 is 2.31 bits per heavy atom. The van der Waals surface area contributed by atoms with Crippen LogP contribution in [-0.4, -0.2) is 17.3 Å². The van der Waals surface area contributed by atoms with Crippen molar-refractivity contribution in [2.75, 3.05) is 7.11 Å². The van der Waals surface area contributed by atoms with Crippen LogP contribution in [0.15, 0.2) is 12.1 Å². The molecule has 0 heterocycles. The standard InChI is InChI=1S/C9H10F3NO3/c1-16-13-4-5-2-7(14)8(15)3-6(5)9(10,11)12/h2-3,13-15H,4H2,1H3. The van der Waals surface area contributed by atoms with Gasteiger partial charge < -0.3 is 15.1 Å². The van der Waals surface area contributed by atoms with Gasteiger partial charge in [0.2, 0.25) is 0 Å². The summed E-state index contributed by atoms with van der Waals surface area (Å²) in [5.74, 6) is -1.42. The maximum atomic E-state index is 12.5. The lowest BCUT2D eigenvalue weighted by Gasteiger charge is -2.14. The van der Waals surface area contributed by atoms with Gasteiger partial charge >= 0.3 is 6.18 Å². The number of rotatable bonds is 3. The van der Waals surface area contributed by atoms with Gasteiger partial charge in [-0.3, -0.25) is 0 Å². The fraction of sp³-hybridized carbons (Fsp3) is 0.333. The second-order valence-corrected chi connectivity index (χ2v) is 3.02. The van der Waals surface area contributed by atoms with Gasteiger partial charge in [-0.2, -0.15) is 18.7 Å². The average molecular weight is 237 g/mol. The average Bonchev–Trinajstić information content (AvgIpc) is 2.17. The molecule has 0 atom stereocenters. The number of nitrogens with one attached hydrogen (secondary N) is 1. The minimum atomic E-state index is -4.60. The molecular weight excluding hydrogens is 227 g/mol. The highest BCUT2D eigenvalue weighted by Crippen LogP contribution is 2.38. The third kappa shape index (κ3) is 2.77. The molecule has 0 saturated heterocycles. The Labute approximate surface area is 89.2 Å². The van der Waals surface area contributed by atoms with E-state index in [9.17, 15) is 13.2 Å². The molecule has 0 bridgehead atoms. The summed E-state index contributed by atoms with van der Waals surface area (Å²) in [7, 11) is 1.26. The molecule has 0 unspecified atom stereocenters. The smallest absolute Gasteiger partial charge is 0.416 e. The molecule has 1 rings (SSSR count). The van der Waals surface area contributed by atoms with Crippen molar-refractivity contribution >= 4 is 0 Å². The Morgan fingerprint density at radius 1 is 1.25 bits per heavy atom. The Hall–Kier alpha value is -1.47. The van der Waals surface area contributed by atoms with Gasteiger partial charge in [0.05, 0.1) is 12.7 Å². The lowest BCUT2D eigenvalue weighted by molar-refractivity contribution is -0.138. The van der Waals surface area contributed by atoms with Crippen LogP contribution in [-0.2, 0) is 17.6 Å². The van der Waals surface area contributed by atoms with E-state index >= 15 is 0 Å². The molecule has 1 aromatic carbocycles. The first-order chi connectivity index (χ1) is 7.36. The van der Waals surface area contributed by atoms with Gasteiger partial charge in [0, 0.05) is 6.54 Å². The Bertz CT molecular complexity index is 379. The van der Waals surface area contributed by atoms with Crippen LogP contribution < -0.4 is 5.48 Å². The van der Waals surface area contributed by atoms with E-state index in [-0.39, 0.29) is 12.1 Å². The molecule has 0 fully saturated rings. The van der Waals surface area contributed by atoms with Crippen LogP contribution in [0.25, 0.3) is 0 Å². The van der Waals surface area contributed by atoms with E-state index < -0.39 is 23.2 Å². The van der Waals surface area contributed by atoms with Crippen LogP contribution in [0.4, 0.5) is 13.2 Å². The van der Waals surface area contributed by atoms with E-state index in [0.29, 0.717) is 6.07 Å². The van der Waals surface area contributed by atoms with Crippen LogP contribution in [0.2, 0.25) is 0 Å². The predicted molar refractivity (Wildman–Crippen MR) is 48.6 cm³/mol. The molecule has 3 N–H and O–H groups in total. The predicted octanol–water partition coefficient (Wildman–Crippen LogP) is 1.77. The number of alkyl halides is 3. The van der Waals surface area contributed by atoms with Gasteiger partial charge in [0.25, 0.3) is 0 Å². The van der Waals surface area contributed by atoms with Crippen molar-refractivity contribution in [3.05, 3.63) is 23.3 Å². The zero-order valence-corrected chi connectivity index (χ0v) is 8.30. The number of hydrogen-bond donors (Lipinski definition) is 3. The monoisotopic (exact) mass is 237 g/mol. The van der Waals surface area contributed by atoms with Crippen molar-refractivity contribution < 1.29 is 28.2 Å². The summed E-state index contributed by atoms with van der Waals surface area (Å²) in [6.45, 7) is -0.237. The molecule has 0 aliphatic carbocycles. The Balaban J connectivity index is 3.17. The summed E-state index contributed by atoms with van der Waals surface area (Å²) < 4.78 is 37.6. The number of phenols is 2. The minimum absolute atomic E-state index is 0.218. The van der Waals surface area contributed by atoms with Crippen molar-refractivity contribution in [1.82, 2.24) is 5.48 Å². The summed E-state index contributed by atoms with van der Waals surface area (Å²) >= 11 is 0. The molecule has 0 saturated carbocycles. The van der Waals surface area contributed by atoms with E-state index in [4.69, 9.17) is 10.2 Å². The van der Waals surface area contributed by atoms with Crippen LogP contribution in [0.1, 0.15) is 11.1 Å². The van der Waals surface area contributed by atoms with Crippen LogP contribution in [0, 0.1) is 0 Å². The number of halogens is 3. The quantitative estimate of drug-likeness (QED) is 0.553. The molecule has 0 aliphatic rings. The van der Waals surface area contributed by atoms with E-state index in [0.717, 1.165) is 6.07 Å². The topological polar surface area (TPSA) is 61.7 Å². The summed E-state index contributed by atoms with van der Waals surface area (Å²) in [5.41, 5.74) is 0.992. The minimum Gasteiger partial charge on any atom is -0.504 e. The molecule has 7 heteroatoms. The first-order valence-corrected chi connectivity index (χ1v) is 4.24. The fourth-order valence-corrected chi connectivity index (χ4v) is 1.18. The van der Waals surface area contributed by atoms with Crippen molar-refractivity contribution in [1.29, 1.82) is 0 Å². The van der Waals surface area contributed by atoms with Gasteiger partial charge in [-0.15, -0.1) is 0 Å². The molecule has 0 radical (unpaired) electrons. The summed E-state index contributed by atoms with van der Waals surface area (Å²) in [5, 5.41) is 18.1. The summed E-state index contributed by atoms with van der Waals surface area (Å²) in [6, 6.07) is 1.31. The van der Waals surface area contributed by atoms with E-state index in [1.54, 1.807) is 0 Å². The molecule has 1 aromatic rings. The van der Waals surface area contributed by atoms with Crippen molar-refractivity contribution in [2.45, 2.75) is 12.7 Å². The van der Waals surface area contributed by atoms with Crippen LogP contribution >= 0.6 is 0 Å². The Kier molecular flexibility index (Phi) is 3.61. The highest BCUT2D eigenvalue weighted by molar-refractivity contribution is 5.46. The molecular formula is C9H10F3NO3. The van der Waals surface area contributed by atoms with E-state index in [2.05, 4.69) is 10.3 Å². The largest absolute Gasteiger partial charge is 0.504 e. The van der Waals surface area contributed by atoms with Gasteiger partial charge in [-0.1, -0.05) is 0 Å². The molecule has 0 spiro atoms. The number of benzene rings is 1. The van der Waals surface area contributed by atoms with Crippen LogP contribution in [0.3, 0.4) is 0 Å². The second kappa shape index (κ2) is 4.58. The fourth-order valence-electron chi connectivity index (χ4n) is 1.18. The molecule has 90 valence electrons. The zero-order valence-electron chi connectivity index (χ0n) is 8.30.